The van der Waals surface area contributed by atoms with Crippen LogP contribution in [-0.2, 0) is 7.05 Å². The van der Waals surface area contributed by atoms with Crippen molar-refractivity contribution in [3.05, 3.63) is 66.6 Å². The lowest BCUT2D eigenvalue weighted by atomic mass is 10.0. The third-order valence-corrected chi connectivity index (χ3v) is 6.28. The molecule has 6 rings (SSSR count). The van der Waals surface area contributed by atoms with Crippen molar-refractivity contribution >= 4 is 33.8 Å². The van der Waals surface area contributed by atoms with E-state index in [2.05, 4.69) is 30.7 Å². The zero-order valence-electron chi connectivity index (χ0n) is 18.7. The van der Waals surface area contributed by atoms with Crippen LogP contribution in [0, 0.1) is 0 Å². The Morgan fingerprint density at radius 1 is 1.12 bits per heavy atom. The average molecular weight is 454 g/mol. The number of hydrogen-bond acceptors (Lipinski definition) is 7. The number of aryl methyl sites for hydroxylation is 1. The zero-order chi connectivity index (χ0) is 23.1. The summed E-state index contributed by atoms with van der Waals surface area (Å²) >= 11 is 0. The topological polar surface area (TPSA) is 107 Å². The van der Waals surface area contributed by atoms with Crippen molar-refractivity contribution in [1.29, 1.82) is 0 Å². The number of hydrogen-bond donors (Lipinski definition) is 1. The van der Waals surface area contributed by atoms with E-state index in [1.54, 1.807) is 28.0 Å². The molecule has 0 bridgehead atoms. The van der Waals surface area contributed by atoms with Crippen molar-refractivity contribution < 1.29 is 4.79 Å². The maximum absolute atomic E-state index is 13.9. The normalized spacial score (nSPS) is 16.2. The summed E-state index contributed by atoms with van der Waals surface area (Å²) in [5.41, 5.74) is 3.60. The SMILES string of the molecule is Cn1ncc2ccnc(N(C(=O)c3ccc(-n4nnc5cccnc54)cc3)[C@@H]3CCCNC3)c21. The van der Waals surface area contributed by atoms with Gasteiger partial charge < -0.3 is 5.32 Å². The van der Waals surface area contributed by atoms with Gasteiger partial charge in [0, 0.05) is 36.9 Å². The third kappa shape index (κ3) is 3.39. The van der Waals surface area contributed by atoms with E-state index >= 15 is 0 Å². The Morgan fingerprint density at radius 2 is 2.00 bits per heavy atom. The van der Waals surface area contributed by atoms with Gasteiger partial charge in [0.25, 0.3) is 5.91 Å². The van der Waals surface area contributed by atoms with Crippen LogP contribution < -0.4 is 10.2 Å². The Balaban J connectivity index is 1.40. The van der Waals surface area contributed by atoms with Gasteiger partial charge >= 0.3 is 0 Å². The van der Waals surface area contributed by atoms with Gasteiger partial charge in [0.2, 0.25) is 0 Å². The number of rotatable bonds is 4. The van der Waals surface area contributed by atoms with Crippen molar-refractivity contribution in [3.8, 4) is 5.69 Å². The number of pyridine rings is 2. The average Bonchev–Trinajstić information content (AvgIpc) is 3.49. The van der Waals surface area contributed by atoms with E-state index < -0.39 is 0 Å². The molecule has 5 heterocycles. The Hall–Kier alpha value is -4.18. The van der Waals surface area contributed by atoms with Crippen LogP contribution in [0.2, 0.25) is 0 Å². The molecule has 0 unspecified atom stereocenters. The van der Waals surface area contributed by atoms with Crippen LogP contribution in [0.4, 0.5) is 5.82 Å². The van der Waals surface area contributed by atoms with Crippen LogP contribution in [0.25, 0.3) is 27.8 Å². The number of anilines is 1. The summed E-state index contributed by atoms with van der Waals surface area (Å²) < 4.78 is 3.45. The number of piperidine rings is 1. The number of carbonyl (C=O) groups is 1. The van der Waals surface area contributed by atoms with Gasteiger partial charge in [0.05, 0.1) is 17.9 Å². The molecule has 5 aromatic rings. The minimum Gasteiger partial charge on any atom is -0.315 e. The molecule has 4 aromatic heterocycles. The van der Waals surface area contributed by atoms with Gasteiger partial charge in [-0.1, -0.05) is 5.21 Å². The number of amides is 1. The number of fused-ring (bicyclic) bond motifs is 2. The summed E-state index contributed by atoms with van der Waals surface area (Å²) in [5, 5.41) is 17.1. The molecule has 1 N–H and O–H groups in total. The molecule has 1 amide bonds. The minimum atomic E-state index is -0.0944. The van der Waals surface area contributed by atoms with Crippen molar-refractivity contribution in [1.82, 2.24) is 40.1 Å². The van der Waals surface area contributed by atoms with Gasteiger partial charge in [-0.15, -0.1) is 5.10 Å². The van der Waals surface area contributed by atoms with E-state index in [0.29, 0.717) is 22.5 Å². The number of aromatic nitrogens is 7. The Bertz CT molecular complexity index is 1480. The van der Waals surface area contributed by atoms with Gasteiger partial charge in [-0.3, -0.25) is 14.4 Å². The zero-order valence-corrected chi connectivity index (χ0v) is 18.7. The summed E-state index contributed by atoms with van der Waals surface area (Å²) in [6.07, 6.45) is 7.15. The largest absolute Gasteiger partial charge is 0.315 e. The Labute approximate surface area is 195 Å². The van der Waals surface area contributed by atoms with E-state index in [1.807, 2.05) is 54.4 Å². The number of benzene rings is 1. The van der Waals surface area contributed by atoms with Crippen LogP contribution in [-0.4, -0.2) is 59.8 Å². The predicted octanol–water partition coefficient (Wildman–Crippen LogP) is 2.50. The number of nitrogens with one attached hydrogen (secondary N) is 1. The van der Waals surface area contributed by atoms with Crippen LogP contribution in [0.3, 0.4) is 0 Å². The fourth-order valence-electron chi connectivity index (χ4n) is 4.59. The lowest BCUT2D eigenvalue weighted by Gasteiger charge is -2.34. The molecule has 0 radical (unpaired) electrons. The molecule has 0 spiro atoms. The highest BCUT2D eigenvalue weighted by atomic mass is 16.2. The van der Waals surface area contributed by atoms with E-state index in [-0.39, 0.29) is 11.9 Å². The molecule has 10 heteroatoms. The lowest BCUT2D eigenvalue weighted by Crippen LogP contribution is -2.49. The van der Waals surface area contributed by atoms with Crippen molar-refractivity contribution in [2.75, 3.05) is 18.0 Å². The van der Waals surface area contributed by atoms with Crippen LogP contribution in [0.5, 0.6) is 0 Å². The summed E-state index contributed by atoms with van der Waals surface area (Å²) in [5.74, 6) is 0.537. The van der Waals surface area contributed by atoms with Crippen molar-refractivity contribution in [3.63, 3.8) is 0 Å². The molecule has 170 valence electrons. The fraction of sp³-hybridized carbons (Fsp3) is 0.250. The first kappa shape index (κ1) is 20.4. The van der Waals surface area contributed by atoms with Gasteiger partial charge in [-0.05, 0) is 61.9 Å². The molecule has 1 atom stereocenters. The molecule has 1 aliphatic rings. The molecule has 34 heavy (non-hydrogen) atoms. The molecular formula is C24H23N9O. The molecule has 1 aliphatic heterocycles. The molecule has 10 nitrogen and oxygen atoms in total. The van der Waals surface area contributed by atoms with Gasteiger partial charge in [0.15, 0.2) is 11.5 Å². The second-order valence-electron chi connectivity index (χ2n) is 8.41. The Kier molecular flexibility index (Phi) is 4.99. The van der Waals surface area contributed by atoms with Crippen LogP contribution in [0.15, 0.2) is 61.1 Å². The maximum atomic E-state index is 13.9. The predicted molar refractivity (Wildman–Crippen MR) is 128 cm³/mol. The molecular weight excluding hydrogens is 430 g/mol. The maximum Gasteiger partial charge on any atom is 0.259 e. The second-order valence-corrected chi connectivity index (χ2v) is 8.41. The Morgan fingerprint density at radius 3 is 2.82 bits per heavy atom. The number of carbonyl (C=O) groups excluding carboxylic acids is 1. The molecule has 1 fully saturated rings. The second kappa shape index (κ2) is 8.31. The van der Waals surface area contributed by atoms with Gasteiger partial charge in [-0.25, -0.2) is 9.97 Å². The molecule has 0 saturated carbocycles. The fourth-order valence-corrected chi connectivity index (χ4v) is 4.59. The van der Waals surface area contributed by atoms with E-state index in [0.717, 1.165) is 42.5 Å². The van der Waals surface area contributed by atoms with Crippen LogP contribution >= 0.6 is 0 Å². The smallest absolute Gasteiger partial charge is 0.259 e. The number of nitrogens with zero attached hydrogens (tertiary/aromatic N) is 8. The highest BCUT2D eigenvalue weighted by molar-refractivity contribution is 6.09. The van der Waals surface area contributed by atoms with Gasteiger partial charge in [-0.2, -0.15) is 9.78 Å². The minimum absolute atomic E-state index is 0.00242. The lowest BCUT2D eigenvalue weighted by molar-refractivity contribution is 0.0971. The highest BCUT2D eigenvalue weighted by Gasteiger charge is 2.31. The van der Waals surface area contributed by atoms with E-state index in [1.165, 1.54) is 0 Å². The van der Waals surface area contributed by atoms with Crippen LogP contribution in [0.1, 0.15) is 23.2 Å². The van der Waals surface area contributed by atoms with Crippen molar-refractivity contribution in [2.45, 2.75) is 18.9 Å². The van der Waals surface area contributed by atoms with E-state index in [4.69, 9.17) is 0 Å². The quantitative estimate of drug-likeness (QED) is 0.446. The summed E-state index contributed by atoms with van der Waals surface area (Å²) in [6.45, 7) is 1.67. The summed E-state index contributed by atoms with van der Waals surface area (Å²) in [6, 6.07) is 13.0. The standard InChI is InChI=1S/C24H23N9O/c1-31-21-17(14-28-31)10-13-27-23(21)32(19-4-2-11-25-15-19)24(34)16-6-8-18(9-7-16)33-22-20(29-30-33)5-3-12-26-22/h3,5-10,12-14,19,25H,2,4,11,15H2,1H3/t19-/m1/s1. The molecule has 0 aliphatic carbocycles. The first-order chi connectivity index (χ1) is 16.7. The first-order valence-electron chi connectivity index (χ1n) is 11.3. The summed E-state index contributed by atoms with van der Waals surface area (Å²) in [4.78, 5) is 24.8. The monoisotopic (exact) mass is 453 g/mol. The highest BCUT2D eigenvalue weighted by Crippen LogP contribution is 2.29. The van der Waals surface area contributed by atoms with Gasteiger partial charge in [0.1, 0.15) is 11.0 Å². The first-order valence-corrected chi connectivity index (χ1v) is 11.3. The molecule has 1 aromatic carbocycles. The van der Waals surface area contributed by atoms with Crippen molar-refractivity contribution in [2.24, 2.45) is 7.05 Å². The third-order valence-electron chi connectivity index (χ3n) is 6.28. The summed E-state index contributed by atoms with van der Waals surface area (Å²) in [7, 11) is 1.88. The van der Waals surface area contributed by atoms with E-state index in [9.17, 15) is 4.79 Å². The molecule has 1 saturated heterocycles.